The van der Waals surface area contributed by atoms with Crippen LogP contribution in [0, 0.1) is 6.92 Å². The predicted octanol–water partition coefficient (Wildman–Crippen LogP) is 4.67. The molecule has 0 bridgehead atoms. The number of ether oxygens (including phenoxy) is 1. The molecule has 1 heterocycles. The first-order valence-electron chi connectivity index (χ1n) is 5.30. The summed E-state index contributed by atoms with van der Waals surface area (Å²) in [5.74, 6) is 0.702. The summed E-state index contributed by atoms with van der Waals surface area (Å²) in [6.45, 7) is 1.99. The molecule has 0 saturated carbocycles. The quantitative estimate of drug-likeness (QED) is 0.823. The van der Waals surface area contributed by atoms with Crippen LogP contribution in [0.4, 0.5) is 0 Å². The Morgan fingerprint density at radius 1 is 1.28 bits per heavy atom. The summed E-state index contributed by atoms with van der Waals surface area (Å²) in [5, 5.41) is 10.4. The highest BCUT2D eigenvalue weighted by molar-refractivity contribution is 9.11. The lowest BCUT2D eigenvalue weighted by Gasteiger charge is -2.15. The molecule has 2 aromatic rings. The van der Waals surface area contributed by atoms with Gasteiger partial charge in [-0.25, -0.2) is 0 Å². The van der Waals surface area contributed by atoms with Crippen molar-refractivity contribution in [2.24, 2.45) is 0 Å². The second kappa shape index (κ2) is 5.74. The standard InChI is InChI=1S/C13H12Br2O2S/c1-7-5-10(17-2)8(6-9(7)14)13(16)11-3-4-12(15)18-11/h3-6,13,16H,1-2H3. The number of rotatable bonds is 3. The molecule has 0 aliphatic heterocycles. The second-order valence-corrected chi connectivity index (χ2v) is 7.24. The fourth-order valence-corrected chi connectivity index (χ4v) is 3.48. The van der Waals surface area contributed by atoms with Crippen LogP contribution in [-0.2, 0) is 0 Å². The third-order valence-corrected chi connectivity index (χ3v) is 5.20. The summed E-state index contributed by atoms with van der Waals surface area (Å²) in [7, 11) is 1.61. The fraction of sp³-hybridized carbons (Fsp3) is 0.231. The first-order valence-corrected chi connectivity index (χ1v) is 7.70. The maximum absolute atomic E-state index is 10.4. The van der Waals surface area contributed by atoms with Crippen LogP contribution in [0.15, 0.2) is 32.5 Å². The van der Waals surface area contributed by atoms with Crippen molar-refractivity contribution in [1.82, 2.24) is 0 Å². The van der Waals surface area contributed by atoms with E-state index in [1.807, 2.05) is 31.2 Å². The number of aliphatic hydroxyl groups excluding tert-OH is 1. The van der Waals surface area contributed by atoms with Crippen LogP contribution in [0.5, 0.6) is 5.75 Å². The summed E-state index contributed by atoms with van der Waals surface area (Å²) < 4.78 is 7.31. The third kappa shape index (κ3) is 2.79. The Morgan fingerprint density at radius 3 is 2.56 bits per heavy atom. The van der Waals surface area contributed by atoms with Crippen LogP contribution in [-0.4, -0.2) is 12.2 Å². The Bertz CT molecular complexity index is 566. The van der Waals surface area contributed by atoms with Crippen LogP contribution >= 0.6 is 43.2 Å². The van der Waals surface area contributed by atoms with E-state index in [1.54, 1.807) is 7.11 Å². The molecule has 0 saturated heterocycles. The molecule has 0 amide bonds. The van der Waals surface area contributed by atoms with E-state index in [0.717, 1.165) is 24.3 Å². The smallest absolute Gasteiger partial charge is 0.125 e. The summed E-state index contributed by atoms with van der Waals surface area (Å²) >= 11 is 8.40. The van der Waals surface area contributed by atoms with Crippen molar-refractivity contribution < 1.29 is 9.84 Å². The molecule has 2 rings (SSSR count). The van der Waals surface area contributed by atoms with Crippen molar-refractivity contribution in [3.63, 3.8) is 0 Å². The number of benzene rings is 1. The third-order valence-electron chi connectivity index (χ3n) is 2.67. The van der Waals surface area contributed by atoms with Gasteiger partial charge in [-0.2, -0.15) is 0 Å². The van der Waals surface area contributed by atoms with Gasteiger partial charge in [0.15, 0.2) is 0 Å². The molecular weight excluding hydrogens is 380 g/mol. The van der Waals surface area contributed by atoms with Gasteiger partial charge in [0.05, 0.1) is 10.9 Å². The molecule has 96 valence electrons. The molecule has 1 aromatic carbocycles. The summed E-state index contributed by atoms with van der Waals surface area (Å²) in [5.41, 5.74) is 1.85. The van der Waals surface area contributed by atoms with Crippen LogP contribution in [0.1, 0.15) is 22.1 Å². The topological polar surface area (TPSA) is 29.5 Å². The van der Waals surface area contributed by atoms with E-state index < -0.39 is 6.10 Å². The molecule has 2 nitrogen and oxygen atoms in total. The molecule has 5 heteroatoms. The Morgan fingerprint density at radius 2 is 2.00 bits per heavy atom. The van der Waals surface area contributed by atoms with Crippen molar-refractivity contribution in [3.05, 3.63) is 48.5 Å². The zero-order chi connectivity index (χ0) is 13.3. The van der Waals surface area contributed by atoms with E-state index in [4.69, 9.17) is 4.74 Å². The number of thiophene rings is 1. The molecule has 0 fully saturated rings. The zero-order valence-corrected chi connectivity index (χ0v) is 13.9. The van der Waals surface area contributed by atoms with E-state index in [9.17, 15) is 5.11 Å². The SMILES string of the molecule is COc1cc(C)c(Br)cc1C(O)c1ccc(Br)s1. The van der Waals surface area contributed by atoms with Gasteiger partial charge in [0.1, 0.15) is 11.9 Å². The maximum atomic E-state index is 10.4. The minimum Gasteiger partial charge on any atom is -0.496 e. The van der Waals surface area contributed by atoms with E-state index >= 15 is 0 Å². The summed E-state index contributed by atoms with van der Waals surface area (Å²) in [6.07, 6.45) is -0.673. The monoisotopic (exact) mass is 390 g/mol. The van der Waals surface area contributed by atoms with Gasteiger partial charge < -0.3 is 9.84 Å². The van der Waals surface area contributed by atoms with Crippen molar-refractivity contribution in [3.8, 4) is 5.75 Å². The minimum absolute atomic E-state index is 0.673. The first kappa shape index (κ1) is 14.1. The highest BCUT2D eigenvalue weighted by atomic mass is 79.9. The normalized spacial score (nSPS) is 12.5. The minimum atomic E-state index is -0.673. The van der Waals surface area contributed by atoms with Crippen LogP contribution < -0.4 is 4.74 Å². The lowest BCUT2D eigenvalue weighted by atomic mass is 10.0. The van der Waals surface area contributed by atoms with Crippen molar-refractivity contribution in [2.45, 2.75) is 13.0 Å². The molecule has 18 heavy (non-hydrogen) atoms. The fourth-order valence-electron chi connectivity index (χ4n) is 1.69. The highest BCUT2D eigenvalue weighted by Crippen LogP contribution is 2.37. The second-order valence-electron chi connectivity index (χ2n) is 3.89. The Balaban J connectivity index is 2.46. The van der Waals surface area contributed by atoms with Gasteiger partial charge in [0.25, 0.3) is 0 Å². The number of methoxy groups -OCH3 is 1. The average molecular weight is 392 g/mol. The van der Waals surface area contributed by atoms with Crippen LogP contribution in [0.2, 0.25) is 0 Å². The lowest BCUT2D eigenvalue weighted by molar-refractivity contribution is 0.218. The number of hydrogen-bond acceptors (Lipinski definition) is 3. The highest BCUT2D eigenvalue weighted by Gasteiger charge is 2.18. The largest absolute Gasteiger partial charge is 0.496 e. The number of aryl methyl sites for hydroxylation is 1. The Labute approximate surface area is 127 Å². The van der Waals surface area contributed by atoms with Gasteiger partial charge >= 0.3 is 0 Å². The zero-order valence-electron chi connectivity index (χ0n) is 9.91. The van der Waals surface area contributed by atoms with Crippen molar-refractivity contribution >= 4 is 43.2 Å². The van der Waals surface area contributed by atoms with Gasteiger partial charge in [0.2, 0.25) is 0 Å². The molecular formula is C13H12Br2O2S. The lowest BCUT2D eigenvalue weighted by Crippen LogP contribution is -2.01. The Kier molecular flexibility index (Phi) is 4.48. The first-order chi connectivity index (χ1) is 8.52. The maximum Gasteiger partial charge on any atom is 0.125 e. The van der Waals surface area contributed by atoms with Gasteiger partial charge in [-0.1, -0.05) is 15.9 Å². The predicted molar refractivity (Wildman–Crippen MR) is 81.5 cm³/mol. The average Bonchev–Trinajstić information content (AvgIpc) is 2.78. The molecule has 0 aliphatic carbocycles. The van der Waals surface area contributed by atoms with Crippen molar-refractivity contribution in [2.75, 3.05) is 7.11 Å². The Hall–Kier alpha value is -0.360. The van der Waals surface area contributed by atoms with Gasteiger partial charge in [-0.3, -0.25) is 0 Å². The number of halogens is 2. The van der Waals surface area contributed by atoms with Crippen LogP contribution in [0.3, 0.4) is 0 Å². The molecule has 1 unspecified atom stereocenters. The van der Waals surface area contributed by atoms with E-state index in [-0.39, 0.29) is 0 Å². The van der Waals surface area contributed by atoms with Crippen LogP contribution in [0.25, 0.3) is 0 Å². The summed E-state index contributed by atoms with van der Waals surface area (Å²) in [6, 6.07) is 7.67. The van der Waals surface area contributed by atoms with E-state index in [0.29, 0.717) is 5.75 Å². The number of hydrogen-bond donors (Lipinski definition) is 1. The summed E-state index contributed by atoms with van der Waals surface area (Å²) in [4.78, 5) is 0.885. The van der Waals surface area contributed by atoms with E-state index in [2.05, 4.69) is 31.9 Å². The molecule has 0 spiro atoms. The molecule has 1 aromatic heterocycles. The van der Waals surface area contributed by atoms with Gasteiger partial charge in [-0.15, -0.1) is 11.3 Å². The van der Waals surface area contributed by atoms with E-state index in [1.165, 1.54) is 11.3 Å². The molecule has 1 N–H and O–H groups in total. The molecule has 0 radical (unpaired) electrons. The van der Waals surface area contributed by atoms with Gasteiger partial charge in [0, 0.05) is 14.9 Å². The number of aliphatic hydroxyl groups is 1. The van der Waals surface area contributed by atoms with Gasteiger partial charge in [-0.05, 0) is 52.7 Å². The molecule has 0 aliphatic rings. The molecule has 1 atom stereocenters. The van der Waals surface area contributed by atoms with Crippen molar-refractivity contribution in [1.29, 1.82) is 0 Å².